The lowest BCUT2D eigenvalue weighted by Gasteiger charge is -2.33. The molecular weight excluding hydrogens is 217 g/mol. The second-order valence-corrected chi connectivity index (χ2v) is 4.38. The molecule has 0 saturated carbocycles. The van der Waals surface area contributed by atoms with E-state index >= 15 is 0 Å². The van der Waals surface area contributed by atoms with Crippen LogP contribution in [-0.4, -0.2) is 51.0 Å². The highest BCUT2D eigenvalue weighted by Gasteiger charge is 2.22. The number of nitriles is 4. The summed E-state index contributed by atoms with van der Waals surface area (Å²) in [6.45, 7) is 4.21. The van der Waals surface area contributed by atoms with Gasteiger partial charge >= 0.3 is 6.15 Å². The van der Waals surface area contributed by atoms with Gasteiger partial charge in [0.25, 0.3) is 0 Å². The van der Waals surface area contributed by atoms with Crippen LogP contribution < -0.4 is 0 Å². The molecule has 0 N–H and O–H groups in total. The van der Waals surface area contributed by atoms with Crippen LogP contribution in [0.25, 0.3) is 0 Å². The second-order valence-electron chi connectivity index (χ2n) is 4.38. The first-order valence-corrected chi connectivity index (χ1v) is 5.15. The van der Waals surface area contributed by atoms with Crippen molar-refractivity contribution >= 4 is 6.15 Å². The highest BCUT2D eigenvalue weighted by atomic mass is 16.5. The number of ether oxygens (including phenoxy) is 1. The molecule has 1 rings (SSSR count). The van der Waals surface area contributed by atoms with E-state index in [0.29, 0.717) is 0 Å². The summed E-state index contributed by atoms with van der Waals surface area (Å²) in [5.41, 5.74) is 0. The predicted molar refractivity (Wildman–Crippen MR) is 60.9 cm³/mol. The summed E-state index contributed by atoms with van der Waals surface area (Å²) in [7, 11) is 4.48. The maximum absolute atomic E-state index is 8.09. The minimum absolute atomic E-state index is 0.938. The van der Waals surface area contributed by atoms with Crippen molar-refractivity contribution in [2.45, 2.75) is 0 Å². The van der Waals surface area contributed by atoms with Crippen LogP contribution in [0.15, 0.2) is 0 Å². The third-order valence-electron chi connectivity index (χ3n) is 2.46. The van der Waals surface area contributed by atoms with Gasteiger partial charge in [0.15, 0.2) is 0 Å². The van der Waals surface area contributed by atoms with Crippen molar-refractivity contribution in [1.29, 1.82) is 21.0 Å². The number of quaternary nitrogens is 1. The van der Waals surface area contributed by atoms with E-state index in [-0.39, 0.29) is 0 Å². The van der Waals surface area contributed by atoms with Crippen LogP contribution in [0, 0.1) is 44.9 Å². The first-order valence-electron chi connectivity index (χ1n) is 5.15. The van der Waals surface area contributed by atoms with E-state index in [1.165, 1.54) is 37.0 Å². The van der Waals surface area contributed by atoms with E-state index in [1.807, 2.05) is 0 Å². The summed E-state index contributed by atoms with van der Waals surface area (Å²) in [6, 6.07) is 0. The predicted octanol–water partition coefficient (Wildman–Crippen LogP) is -0.221. The fourth-order valence-electron chi connectivity index (χ4n) is 1.01. The van der Waals surface area contributed by atoms with E-state index in [0.717, 1.165) is 17.7 Å². The number of hydrogen-bond donors (Lipinski definition) is 0. The van der Waals surface area contributed by atoms with E-state index in [9.17, 15) is 0 Å². The van der Waals surface area contributed by atoms with Crippen molar-refractivity contribution in [1.82, 2.24) is 0 Å². The summed E-state index contributed by atoms with van der Waals surface area (Å²) < 4.78 is 6.31. The van der Waals surface area contributed by atoms with Gasteiger partial charge in [-0.2, -0.15) is 0 Å². The van der Waals surface area contributed by atoms with Crippen molar-refractivity contribution in [2.24, 2.45) is 0 Å². The minimum Gasteiger partial charge on any atom is -0.370 e. The summed E-state index contributed by atoms with van der Waals surface area (Å²) in [6.07, 6.45) is -2.72. The van der Waals surface area contributed by atoms with Crippen LogP contribution in [0.4, 0.5) is 0 Å². The average molecular weight is 231 g/mol. The Labute approximate surface area is 101 Å². The minimum atomic E-state index is -2.72. The third-order valence-corrected chi connectivity index (χ3v) is 2.46. The summed E-state index contributed by atoms with van der Waals surface area (Å²) in [5.74, 6) is 5.38. The van der Waals surface area contributed by atoms with Crippen LogP contribution in [-0.2, 0) is 4.74 Å². The zero-order valence-electron chi connectivity index (χ0n) is 10.1. The Hall–Kier alpha value is -2.06. The molecule has 7 heteroatoms. The van der Waals surface area contributed by atoms with Gasteiger partial charge in [-0.15, -0.1) is 23.9 Å². The molecule has 1 saturated heterocycles. The van der Waals surface area contributed by atoms with Crippen LogP contribution >= 0.6 is 0 Å². The fraction of sp³-hybridized carbons (Fsp3) is 0.600. The van der Waals surface area contributed by atoms with E-state index in [4.69, 9.17) is 25.8 Å². The Kier molecular flexibility index (Phi) is 5.72. The highest BCUT2D eigenvalue weighted by molar-refractivity contribution is 7.05. The second kappa shape index (κ2) is 6.51. The Bertz CT molecular complexity index is 350. The topological polar surface area (TPSA) is 104 Å². The summed E-state index contributed by atoms with van der Waals surface area (Å²) in [5, 5.41) is 32.3. The van der Waals surface area contributed by atoms with Gasteiger partial charge in [0.05, 0.1) is 27.3 Å². The molecule has 0 amide bonds. The van der Waals surface area contributed by atoms with E-state index < -0.39 is 6.15 Å². The van der Waals surface area contributed by atoms with Gasteiger partial charge in [-0.05, 0) is 0 Å². The number of likely N-dealkylation sites (N-methyl/N-ethyl adjacent to an activating group) is 1. The standard InChI is InChI=1S/C6H14NO.C4BN4/c1-7(2)3-5-8-6-4-7;6-1-5(2-7,3-8)4-9/h3-6H2,1-2H3;/q+1;-1. The molecule has 0 spiro atoms. The van der Waals surface area contributed by atoms with Gasteiger partial charge in [-0.25, -0.2) is 21.0 Å². The fourth-order valence-corrected chi connectivity index (χ4v) is 1.01. The van der Waals surface area contributed by atoms with Crippen molar-refractivity contribution < 1.29 is 9.22 Å². The smallest absolute Gasteiger partial charge is 0.370 e. The Morgan fingerprint density at radius 1 is 0.882 bits per heavy atom. The molecule has 1 fully saturated rings. The van der Waals surface area contributed by atoms with Crippen LogP contribution in [0.5, 0.6) is 0 Å². The first kappa shape index (κ1) is 14.9. The van der Waals surface area contributed by atoms with Crippen LogP contribution in [0.2, 0.25) is 0 Å². The SMILES string of the molecule is C[N+]1(C)CCOCC1.N#C[B-](C#N)(C#N)C#N. The molecule has 0 bridgehead atoms. The Morgan fingerprint density at radius 3 is 1.35 bits per heavy atom. The molecule has 0 unspecified atom stereocenters. The molecule has 1 aliphatic heterocycles. The van der Waals surface area contributed by atoms with Crippen molar-refractivity contribution in [2.75, 3.05) is 40.4 Å². The quantitative estimate of drug-likeness (QED) is 0.423. The molecule has 6 nitrogen and oxygen atoms in total. The Balaban J connectivity index is 0.000000302. The molecule has 0 aromatic carbocycles. The van der Waals surface area contributed by atoms with Gasteiger partial charge in [0.2, 0.25) is 0 Å². The van der Waals surface area contributed by atoms with Crippen molar-refractivity contribution in [3.05, 3.63) is 0 Å². The molecule has 0 aliphatic carbocycles. The van der Waals surface area contributed by atoms with Crippen molar-refractivity contribution in [3.8, 4) is 23.9 Å². The lowest BCUT2D eigenvalue weighted by molar-refractivity contribution is -0.898. The van der Waals surface area contributed by atoms with E-state index in [1.54, 1.807) is 0 Å². The lowest BCUT2D eigenvalue weighted by Crippen LogP contribution is -2.48. The maximum Gasteiger partial charge on any atom is 0.383 e. The molecule has 0 atom stereocenters. The molecule has 1 aliphatic rings. The van der Waals surface area contributed by atoms with E-state index in [2.05, 4.69) is 14.1 Å². The van der Waals surface area contributed by atoms with Crippen LogP contribution in [0.1, 0.15) is 0 Å². The third kappa shape index (κ3) is 5.00. The molecule has 17 heavy (non-hydrogen) atoms. The van der Waals surface area contributed by atoms with Gasteiger partial charge in [0, 0.05) is 0 Å². The highest BCUT2D eigenvalue weighted by Crippen LogP contribution is 2.01. The monoisotopic (exact) mass is 231 g/mol. The number of morpholine rings is 1. The molecular formula is C10H14BN5O. The number of rotatable bonds is 0. The summed E-state index contributed by atoms with van der Waals surface area (Å²) >= 11 is 0. The van der Waals surface area contributed by atoms with Gasteiger partial charge < -0.3 is 9.22 Å². The summed E-state index contributed by atoms with van der Waals surface area (Å²) in [4.78, 5) is 0. The molecule has 1 heterocycles. The first-order chi connectivity index (χ1) is 7.95. The Morgan fingerprint density at radius 2 is 1.24 bits per heavy atom. The zero-order valence-corrected chi connectivity index (χ0v) is 10.1. The normalized spacial score (nSPS) is 17.1. The molecule has 0 radical (unpaired) electrons. The number of hydrogen-bond acceptors (Lipinski definition) is 5. The number of nitrogens with zero attached hydrogens (tertiary/aromatic N) is 5. The molecule has 0 aromatic rings. The largest absolute Gasteiger partial charge is 0.383 e. The average Bonchev–Trinajstić information content (AvgIpc) is 2.33. The molecule has 88 valence electrons. The zero-order chi connectivity index (χ0) is 13.4. The van der Waals surface area contributed by atoms with Crippen molar-refractivity contribution in [3.63, 3.8) is 0 Å². The van der Waals surface area contributed by atoms with Gasteiger partial charge in [0.1, 0.15) is 13.1 Å². The molecule has 0 aromatic heterocycles. The van der Waals surface area contributed by atoms with Crippen LogP contribution in [0.3, 0.4) is 0 Å². The van der Waals surface area contributed by atoms with Gasteiger partial charge in [-0.3, -0.25) is 0 Å². The lowest BCUT2D eigenvalue weighted by atomic mass is 9.30. The maximum atomic E-state index is 8.09. The van der Waals surface area contributed by atoms with Gasteiger partial charge in [-0.1, -0.05) is 0 Å².